The molecule has 0 amide bonds. The highest BCUT2D eigenvalue weighted by Gasteiger charge is 2.39. The van der Waals surface area contributed by atoms with Crippen LogP contribution in [0.25, 0.3) is 0 Å². The van der Waals surface area contributed by atoms with Gasteiger partial charge in [-0.2, -0.15) is 0 Å². The van der Waals surface area contributed by atoms with Crippen LogP contribution in [0.4, 0.5) is 0 Å². The molecule has 0 aliphatic heterocycles. The van der Waals surface area contributed by atoms with Crippen molar-refractivity contribution in [3.63, 3.8) is 0 Å². The molecule has 0 fully saturated rings. The van der Waals surface area contributed by atoms with Crippen molar-refractivity contribution in [3.05, 3.63) is 0 Å². The topological polar surface area (TPSA) is 27.7 Å². The van der Waals surface area contributed by atoms with Gasteiger partial charge in [0, 0.05) is 25.9 Å². The number of hydrogen-bond donors (Lipinski definition) is 0. The predicted octanol–water partition coefficient (Wildman–Crippen LogP) is 3.51. The Morgan fingerprint density at radius 2 is 1.35 bits per heavy atom. The quantitative estimate of drug-likeness (QED) is 0.311. The van der Waals surface area contributed by atoms with Crippen molar-refractivity contribution in [2.45, 2.75) is 46.6 Å². The van der Waals surface area contributed by atoms with Crippen LogP contribution in [0.5, 0.6) is 0 Å². The van der Waals surface area contributed by atoms with Gasteiger partial charge < -0.3 is 13.3 Å². The van der Waals surface area contributed by atoms with Crippen LogP contribution in [0, 0.1) is 0 Å². The highest BCUT2D eigenvalue weighted by molar-refractivity contribution is 7.37. The average Bonchev–Trinajstić information content (AvgIpc) is 2.30. The van der Waals surface area contributed by atoms with E-state index in [9.17, 15) is 0 Å². The van der Waals surface area contributed by atoms with Gasteiger partial charge in [-0.1, -0.05) is 13.3 Å². The Kier molecular flexibility index (Phi) is 12.0. The van der Waals surface area contributed by atoms with Crippen molar-refractivity contribution in [1.29, 1.82) is 0 Å². The molecular weight excluding hydrogens is 251 g/mol. The van der Waals surface area contributed by atoms with Gasteiger partial charge in [0.05, 0.1) is 0 Å². The van der Waals surface area contributed by atoms with Gasteiger partial charge in [-0.15, -0.1) is 8.58 Å². The molecule has 0 rings (SSSR count). The van der Waals surface area contributed by atoms with Gasteiger partial charge in [0.25, 0.3) is 0 Å². The molecule has 104 valence electrons. The first kappa shape index (κ1) is 17.5. The van der Waals surface area contributed by atoms with E-state index in [-0.39, 0.29) is 0 Å². The lowest BCUT2D eigenvalue weighted by atomic mass is 10.6. The summed E-state index contributed by atoms with van der Waals surface area (Å²) in [4.78, 5) is 0. The Hall–Kier alpha value is 0.527. The Morgan fingerprint density at radius 3 is 1.76 bits per heavy atom. The van der Waals surface area contributed by atoms with Gasteiger partial charge in [0.1, 0.15) is 0 Å². The van der Waals surface area contributed by atoms with Crippen LogP contribution in [0.1, 0.15) is 40.5 Å². The highest BCUT2D eigenvalue weighted by atomic mass is 31.1. The maximum Gasteiger partial charge on any atom is 0.500 e. The van der Waals surface area contributed by atoms with Crippen LogP contribution in [-0.4, -0.2) is 40.9 Å². The summed E-state index contributed by atoms with van der Waals surface area (Å²) in [5.41, 5.74) is 0. The van der Waals surface area contributed by atoms with Crippen LogP contribution < -0.4 is 0 Å². The zero-order valence-corrected chi connectivity index (χ0v) is 13.9. The third-order valence-corrected chi connectivity index (χ3v) is 7.07. The maximum atomic E-state index is 5.81. The largest absolute Gasteiger partial charge is 0.500 e. The Labute approximate surface area is 110 Å². The van der Waals surface area contributed by atoms with E-state index >= 15 is 0 Å². The lowest BCUT2D eigenvalue weighted by Gasteiger charge is -2.28. The van der Waals surface area contributed by atoms with Crippen molar-refractivity contribution in [3.8, 4) is 0 Å². The normalized spacial score (nSPS) is 12.7. The van der Waals surface area contributed by atoms with Crippen molar-refractivity contribution in [2.24, 2.45) is 0 Å². The van der Waals surface area contributed by atoms with E-state index in [0.717, 1.165) is 14.6 Å². The SMILES string of the molecule is CCCPCCC[Si](OCC)(OCC)OCC. The van der Waals surface area contributed by atoms with Gasteiger partial charge in [-0.25, -0.2) is 0 Å². The fourth-order valence-corrected chi connectivity index (χ4v) is 5.73. The van der Waals surface area contributed by atoms with Gasteiger partial charge >= 0.3 is 8.80 Å². The number of rotatable bonds is 12. The van der Waals surface area contributed by atoms with E-state index < -0.39 is 8.80 Å². The lowest BCUT2D eigenvalue weighted by molar-refractivity contribution is 0.0712. The summed E-state index contributed by atoms with van der Waals surface area (Å²) in [5.74, 6) is 0. The summed E-state index contributed by atoms with van der Waals surface area (Å²) < 4.78 is 17.4. The van der Waals surface area contributed by atoms with E-state index in [1.807, 2.05) is 20.8 Å². The summed E-state index contributed by atoms with van der Waals surface area (Å²) in [6.45, 7) is 10.3. The molecule has 0 saturated heterocycles. The molecule has 0 aromatic rings. The molecule has 0 saturated carbocycles. The Balaban J connectivity index is 4.05. The second-order valence-corrected chi connectivity index (χ2v) is 8.07. The minimum atomic E-state index is -2.35. The van der Waals surface area contributed by atoms with Crippen molar-refractivity contribution < 1.29 is 13.3 Å². The zero-order valence-electron chi connectivity index (χ0n) is 11.9. The third-order valence-electron chi connectivity index (χ3n) is 2.36. The fraction of sp³-hybridized carbons (Fsp3) is 1.00. The van der Waals surface area contributed by atoms with E-state index in [0.29, 0.717) is 19.8 Å². The first-order chi connectivity index (χ1) is 8.24. The summed E-state index contributed by atoms with van der Waals surface area (Å²) in [6.07, 6.45) is 5.11. The van der Waals surface area contributed by atoms with Gasteiger partial charge in [0.2, 0.25) is 0 Å². The van der Waals surface area contributed by atoms with Gasteiger partial charge in [0.15, 0.2) is 0 Å². The molecule has 0 bridgehead atoms. The second kappa shape index (κ2) is 11.6. The van der Waals surface area contributed by atoms with Crippen LogP contribution in [0.3, 0.4) is 0 Å². The fourth-order valence-electron chi connectivity index (χ4n) is 1.73. The van der Waals surface area contributed by atoms with E-state index in [4.69, 9.17) is 13.3 Å². The van der Waals surface area contributed by atoms with Crippen LogP contribution in [-0.2, 0) is 13.3 Å². The minimum absolute atomic E-state index is 0.684. The van der Waals surface area contributed by atoms with E-state index in [1.165, 1.54) is 25.2 Å². The smallest absolute Gasteiger partial charge is 0.374 e. The van der Waals surface area contributed by atoms with Crippen molar-refractivity contribution >= 4 is 17.4 Å². The molecule has 0 N–H and O–H groups in total. The second-order valence-electron chi connectivity index (χ2n) is 3.84. The Morgan fingerprint density at radius 1 is 0.824 bits per heavy atom. The summed E-state index contributed by atoms with van der Waals surface area (Å²) in [7, 11) is -1.27. The Bertz CT molecular complexity index is 153. The van der Waals surface area contributed by atoms with Crippen LogP contribution in [0.2, 0.25) is 6.04 Å². The van der Waals surface area contributed by atoms with Crippen molar-refractivity contribution in [2.75, 3.05) is 32.1 Å². The van der Waals surface area contributed by atoms with Gasteiger partial charge in [-0.05, 0) is 39.5 Å². The molecule has 1 atom stereocenters. The monoisotopic (exact) mass is 280 g/mol. The summed E-state index contributed by atoms with van der Waals surface area (Å²) in [6, 6.07) is 0.971. The molecule has 5 heteroatoms. The average molecular weight is 280 g/mol. The zero-order chi connectivity index (χ0) is 13.0. The molecule has 17 heavy (non-hydrogen) atoms. The molecule has 0 aliphatic rings. The lowest BCUT2D eigenvalue weighted by Crippen LogP contribution is -2.46. The summed E-state index contributed by atoms with van der Waals surface area (Å²) >= 11 is 0. The molecule has 0 aromatic heterocycles. The van der Waals surface area contributed by atoms with E-state index in [1.54, 1.807) is 0 Å². The number of hydrogen-bond acceptors (Lipinski definition) is 3. The molecular formula is C12H29O3PSi. The predicted molar refractivity (Wildman–Crippen MR) is 78.4 cm³/mol. The first-order valence-corrected chi connectivity index (χ1v) is 10.2. The maximum absolute atomic E-state index is 5.81. The molecule has 0 spiro atoms. The van der Waals surface area contributed by atoms with Crippen LogP contribution in [0.15, 0.2) is 0 Å². The van der Waals surface area contributed by atoms with E-state index in [2.05, 4.69) is 6.92 Å². The highest BCUT2D eigenvalue weighted by Crippen LogP contribution is 2.22. The van der Waals surface area contributed by atoms with Gasteiger partial charge in [-0.3, -0.25) is 0 Å². The standard InChI is InChI=1S/C12H29O3PSi/c1-5-10-16-11-9-12-17(13-6-2,14-7-3)15-8-4/h16H,5-12H2,1-4H3. The van der Waals surface area contributed by atoms with Crippen molar-refractivity contribution in [1.82, 2.24) is 0 Å². The minimum Gasteiger partial charge on any atom is -0.374 e. The molecule has 0 radical (unpaired) electrons. The molecule has 0 aliphatic carbocycles. The molecule has 0 aromatic carbocycles. The molecule has 3 nitrogen and oxygen atoms in total. The third kappa shape index (κ3) is 8.28. The summed E-state index contributed by atoms with van der Waals surface area (Å²) in [5, 5.41) is 0. The first-order valence-electron chi connectivity index (χ1n) is 6.87. The van der Waals surface area contributed by atoms with Crippen LogP contribution >= 0.6 is 8.58 Å². The molecule has 0 heterocycles. The molecule has 1 unspecified atom stereocenters.